The van der Waals surface area contributed by atoms with Gasteiger partial charge in [0, 0.05) is 38.2 Å². The lowest BCUT2D eigenvalue weighted by molar-refractivity contribution is -0.144. The number of rotatable bonds is 3. The first kappa shape index (κ1) is 14.4. The molecule has 1 fully saturated rings. The van der Waals surface area contributed by atoms with E-state index in [1.54, 1.807) is 0 Å². The number of benzene rings is 1. The highest BCUT2D eigenvalue weighted by molar-refractivity contribution is 5.74. The summed E-state index contributed by atoms with van der Waals surface area (Å²) in [5.41, 5.74) is 2.14. The van der Waals surface area contributed by atoms with E-state index in [1.807, 2.05) is 17.0 Å². The summed E-state index contributed by atoms with van der Waals surface area (Å²) in [6.07, 6.45) is 0.903. The number of fused-ring (bicyclic) bond motifs is 1. The Bertz CT molecular complexity index is 556. The normalized spacial score (nSPS) is 24.4. The van der Waals surface area contributed by atoms with E-state index in [2.05, 4.69) is 25.2 Å². The van der Waals surface area contributed by atoms with Gasteiger partial charge in [0.05, 0.1) is 0 Å². The zero-order chi connectivity index (χ0) is 15.0. The first-order valence-electron chi connectivity index (χ1n) is 7.44. The molecular weight excluding hydrogens is 268 g/mol. The van der Waals surface area contributed by atoms with E-state index in [-0.39, 0.29) is 5.60 Å². The van der Waals surface area contributed by atoms with Gasteiger partial charge in [0.25, 0.3) is 0 Å². The van der Waals surface area contributed by atoms with Crippen LogP contribution < -0.4 is 10.1 Å². The lowest BCUT2D eigenvalue weighted by atomic mass is 10.00. The predicted molar refractivity (Wildman–Crippen MR) is 79.6 cm³/mol. The maximum absolute atomic E-state index is 11.4. The summed E-state index contributed by atoms with van der Waals surface area (Å²) < 4.78 is 6.07. The number of nitrogens with zero attached hydrogens (tertiary/aromatic N) is 1. The number of hydrogen-bond donors (Lipinski definition) is 2. The highest BCUT2D eigenvalue weighted by atomic mass is 16.5. The van der Waals surface area contributed by atoms with Crippen LogP contribution in [0.2, 0.25) is 0 Å². The van der Waals surface area contributed by atoms with Crippen LogP contribution >= 0.6 is 0 Å². The third kappa shape index (κ3) is 2.89. The molecule has 114 valence electrons. The molecule has 0 amide bonds. The predicted octanol–water partition coefficient (Wildman–Crippen LogP) is 1.26. The van der Waals surface area contributed by atoms with Gasteiger partial charge in [-0.15, -0.1) is 0 Å². The largest absolute Gasteiger partial charge is 0.487 e. The number of nitrogens with one attached hydrogen (secondary N) is 1. The van der Waals surface area contributed by atoms with E-state index in [0.29, 0.717) is 13.1 Å². The molecule has 3 rings (SSSR count). The molecule has 2 aliphatic rings. The number of para-hydroxylation sites is 1. The number of carboxylic acids is 1. The molecule has 0 aliphatic carbocycles. The Morgan fingerprint density at radius 1 is 1.52 bits per heavy atom. The number of piperazine rings is 1. The van der Waals surface area contributed by atoms with Crippen LogP contribution in [-0.2, 0) is 17.8 Å². The minimum absolute atomic E-state index is 0.173. The van der Waals surface area contributed by atoms with Crippen molar-refractivity contribution in [2.45, 2.75) is 38.5 Å². The van der Waals surface area contributed by atoms with Crippen molar-refractivity contribution in [3.05, 3.63) is 29.3 Å². The first-order valence-corrected chi connectivity index (χ1v) is 7.44. The van der Waals surface area contributed by atoms with Crippen molar-refractivity contribution in [2.75, 3.05) is 19.6 Å². The first-order chi connectivity index (χ1) is 9.96. The van der Waals surface area contributed by atoms with E-state index in [0.717, 1.165) is 30.8 Å². The van der Waals surface area contributed by atoms with Gasteiger partial charge in [-0.05, 0) is 19.4 Å². The van der Waals surface area contributed by atoms with Crippen molar-refractivity contribution >= 4 is 5.97 Å². The van der Waals surface area contributed by atoms with Gasteiger partial charge in [0.15, 0.2) is 0 Å². The Labute approximate surface area is 124 Å². The summed E-state index contributed by atoms with van der Waals surface area (Å²) in [5.74, 6) is 0.182. The summed E-state index contributed by atoms with van der Waals surface area (Å²) >= 11 is 0. The zero-order valence-electron chi connectivity index (χ0n) is 12.6. The van der Waals surface area contributed by atoms with Gasteiger partial charge >= 0.3 is 5.97 Å². The number of carbonyl (C=O) groups is 1. The molecule has 1 unspecified atom stereocenters. The molecule has 5 heteroatoms. The maximum atomic E-state index is 11.4. The van der Waals surface area contributed by atoms with Crippen molar-refractivity contribution in [3.63, 3.8) is 0 Å². The van der Waals surface area contributed by atoms with E-state index < -0.39 is 12.0 Å². The number of hydrogen-bond acceptors (Lipinski definition) is 4. The summed E-state index contributed by atoms with van der Waals surface area (Å²) in [4.78, 5) is 13.4. The lowest BCUT2D eigenvalue weighted by Crippen LogP contribution is -2.54. The molecule has 1 atom stereocenters. The van der Waals surface area contributed by atoms with Gasteiger partial charge in [-0.2, -0.15) is 0 Å². The van der Waals surface area contributed by atoms with Gasteiger partial charge in [0.1, 0.15) is 17.4 Å². The van der Waals surface area contributed by atoms with Gasteiger partial charge in [-0.1, -0.05) is 18.2 Å². The van der Waals surface area contributed by atoms with Crippen LogP contribution in [0.3, 0.4) is 0 Å². The molecule has 0 bridgehead atoms. The van der Waals surface area contributed by atoms with E-state index in [9.17, 15) is 9.90 Å². The van der Waals surface area contributed by atoms with Gasteiger partial charge in [0.2, 0.25) is 0 Å². The standard InChI is InChI=1S/C16H22N2O3/c1-16(2)8-11-4-3-5-12(14(11)21-16)10-18-7-6-17-9-13(18)15(19)20/h3-5,13,17H,6-10H2,1-2H3,(H,19,20). The van der Waals surface area contributed by atoms with Crippen LogP contribution in [0.15, 0.2) is 18.2 Å². The molecule has 0 aromatic heterocycles. The molecule has 0 radical (unpaired) electrons. The summed E-state index contributed by atoms with van der Waals surface area (Å²) in [7, 11) is 0. The van der Waals surface area contributed by atoms with E-state index >= 15 is 0 Å². The Morgan fingerprint density at radius 3 is 3.10 bits per heavy atom. The fourth-order valence-corrected chi connectivity index (χ4v) is 3.20. The van der Waals surface area contributed by atoms with Gasteiger partial charge in [-0.25, -0.2) is 0 Å². The van der Waals surface area contributed by atoms with Gasteiger partial charge < -0.3 is 15.2 Å². The average molecular weight is 290 g/mol. The molecule has 1 aromatic rings. The topological polar surface area (TPSA) is 61.8 Å². The quantitative estimate of drug-likeness (QED) is 0.877. The van der Waals surface area contributed by atoms with Crippen LogP contribution in [0.25, 0.3) is 0 Å². The van der Waals surface area contributed by atoms with Crippen molar-refractivity contribution in [1.82, 2.24) is 10.2 Å². The molecule has 1 saturated heterocycles. The second kappa shape index (κ2) is 5.31. The van der Waals surface area contributed by atoms with Crippen LogP contribution in [0.1, 0.15) is 25.0 Å². The Morgan fingerprint density at radius 2 is 2.33 bits per heavy atom. The molecule has 1 aromatic carbocycles. The number of ether oxygens (including phenoxy) is 1. The second-order valence-electron chi connectivity index (χ2n) is 6.47. The van der Waals surface area contributed by atoms with Crippen LogP contribution in [0.4, 0.5) is 0 Å². The average Bonchev–Trinajstić information content (AvgIpc) is 2.74. The molecule has 0 saturated carbocycles. The second-order valence-corrected chi connectivity index (χ2v) is 6.47. The Kier molecular flexibility index (Phi) is 3.63. The minimum Gasteiger partial charge on any atom is -0.487 e. The zero-order valence-corrected chi connectivity index (χ0v) is 12.6. The summed E-state index contributed by atoms with van der Waals surface area (Å²) in [6, 6.07) is 5.71. The van der Waals surface area contributed by atoms with E-state index in [4.69, 9.17) is 4.74 Å². The molecule has 0 spiro atoms. The third-order valence-corrected chi connectivity index (χ3v) is 4.19. The fraction of sp³-hybridized carbons (Fsp3) is 0.562. The monoisotopic (exact) mass is 290 g/mol. The van der Waals surface area contributed by atoms with E-state index in [1.165, 1.54) is 5.56 Å². The molecule has 2 heterocycles. The summed E-state index contributed by atoms with van der Waals surface area (Å²) in [5, 5.41) is 12.5. The highest BCUT2D eigenvalue weighted by Crippen LogP contribution is 2.38. The van der Waals surface area contributed by atoms with Crippen molar-refractivity contribution < 1.29 is 14.6 Å². The number of aliphatic carboxylic acids is 1. The van der Waals surface area contributed by atoms with Crippen LogP contribution in [0, 0.1) is 0 Å². The molecule has 21 heavy (non-hydrogen) atoms. The van der Waals surface area contributed by atoms with Crippen molar-refractivity contribution in [2.24, 2.45) is 0 Å². The fourth-order valence-electron chi connectivity index (χ4n) is 3.20. The Hall–Kier alpha value is -1.59. The molecule has 2 aliphatic heterocycles. The lowest BCUT2D eigenvalue weighted by Gasteiger charge is -2.33. The maximum Gasteiger partial charge on any atom is 0.322 e. The number of carboxylic acid groups (broad SMARTS) is 1. The minimum atomic E-state index is -0.768. The Balaban J connectivity index is 1.83. The third-order valence-electron chi connectivity index (χ3n) is 4.19. The van der Waals surface area contributed by atoms with Crippen molar-refractivity contribution in [1.29, 1.82) is 0 Å². The van der Waals surface area contributed by atoms with Crippen LogP contribution in [0.5, 0.6) is 5.75 Å². The SMILES string of the molecule is CC1(C)Cc2cccc(CN3CCNCC3C(=O)O)c2O1. The highest BCUT2D eigenvalue weighted by Gasteiger charge is 2.33. The van der Waals surface area contributed by atoms with Gasteiger partial charge in [-0.3, -0.25) is 9.69 Å². The molecule has 2 N–H and O–H groups in total. The smallest absolute Gasteiger partial charge is 0.322 e. The molecular formula is C16H22N2O3. The molecule has 5 nitrogen and oxygen atoms in total. The summed E-state index contributed by atoms with van der Waals surface area (Å²) in [6.45, 7) is 6.85. The van der Waals surface area contributed by atoms with Crippen molar-refractivity contribution in [3.8, 4) is 5.75 Å². The van der Waals surface area contributed by atoms with Crippen LogP contribution in [-0.4, -0.2) is 47.3 Å².